The van der Waals surface area contributed by atoms with Crippen molar-refractivity contribution in [3.8, 4) is 0 Å². The molecule has 0 unspecified atom stereocenters. The van der Waals surface area contributed by atoms with Crippen molar-refractivity contribution in [3.63, 3.8) is 0 Å². The van der Waals surface area contributed by atoms with E-state index in [2.05, 4.69) is 29.3 Å². The highest BCUT2D eigenvalue weighted by Gasteiger charge is 2.21. The van der Waals surface area contributed by atoms with E-state index in [-0.39, 0.29) is 5.91 Å². The van der Waals surface area contributed by atoms with Crippen LogP contribution >= 0.6 is 0 Å². The van der Waals surface area contributed by atoms with Gasteiger partial charge in [-0.3, -0.25) is 9.69 Å². The molecule has 1 fully saturated rings. The number of piperidine rings is 1. The second kappa shape index (κ2) is 8.15. The van der Waals surface area contributed by atoms with Crippen LogP contribution in [0.2, 0.25) is 0 Å². The lowest BCUT2D eigenvalue weighted by Crippen LogP contribution is -2.43. The van der Waals surface area contributed by atoms with E-state index >= 15 is 0 Å². The third kappa shape index (κ3) is 5.14. The Balaban J connectivity index is 1.75. The predicted octanol–water partition coefficient (Wildman–Crippen LogP) is 1.97. The lowest BCUT2D eigenvalue weighted by atomic mass is 9.99. The molecule has 0 radical (unpaired) electrons. The number of carbonyl (C=O) groups is 1. The lowest BCUT2D eigenvalue weighted by Gasteiger charge is -2.31. The molecule has 4 heteroatoms. The molecule has 116 valence electrons. The fourth-order valence-electron chi connectivity index (χ4n) is 2.93. The van der Waals surface area contributed by atoms with Crippen LogP contribution < -0.4 is 5.32 Å². The van der Waals surface area contributed by atoms with Gasteiger partial charge in [0.25, 0.3) is 0 Å². The standard InChI is InChI=1S/C17H26N2O2/c1-14-6-3-4-8-16(14)10-18-17(20)12-19-9-5-7-15(11-19)13-21-2/h3-4,6,8,15H,5,7,9-13H2,1-2H3,(H,18,20)/t15-/m0/s1. The molecule has 0 spiro atoms. The Labute approximate surface area is 127 Å². The average Bonchev–Trinajstić information content (AvgIpc) is 2.47. The third-order valence-corrected chi connectivity index (χ3v) is 4.11. The molecule has 4 nitrogen and oxygen atoms in total. The minimum Gasteiger partial charge on any atom is -0.384 e. The molecule has 1 aromatic carbocycles. The maximum Gasteiger partial charge on any atom is 0.234 e. The van der Waals surface area contributed by atoms with Crippen LogP contribution in [0.15, 0.2) is 24.3 Å². The largest absolute Gasteiger partial charge is 0.384 e. The van der Waals surface area contributed by atoms with Crippen LogP contribution in [0.3, 0.4) is 0 Å². The van der Waals surface area contributed by atoms with Crippen molar-refractivity contribution in [2.45, 2.75) is 26.3 Å². The van der Waals surface area contributed by atoms with Crippen LogP contribution in [0.5, 0.6) is 0 Å². The molecule has 0 saturated carbocycles. The van der Waals surface area contributed by atoms with Gasteiger partial charge in [0, 0.05) is 20.2 Å². The summed E-state index contributed by atoms with van der Waals surface area (Å²) in [4.78, 5) is 14.3. The summed E-state index contributed by atoms with van der Waals surface area (Å²) >= 11 is 0. The summed E-state index contributed by atoms with van der Waals surface area (Å²) in [6.07, 6.45) is 2.36. The number of benzene rings is 1. The van der Waals surface area contributed by atoms with Crippen molar-refractivity contribution in [1.29, 1.82) is 0 Å². The Hall–Kier alpha value is -1.39. The van der Waals surface area contributed by atoms with Gasteiger partial charge >= 0.3 is 0 Å². The Morgan fingerprint density at radius 2 is 2.24 bits per heavy atom. The molecule has 0 bridgehead atoms. The highest BCUT2D eigenvalue weighted by Crippen LogP contribution is 2.16. The number of carbonyl (C=O) groups excluding carboxylic acids is 1. The summed E-state index contributed by atoms with van der Waals surface area (Å²) < 4.78 is 5.23. The molecule has 0 aromatic heterocycles. The van der Waals surface area contributed by atoms with Crippen LogP contribution in [-0.4, -0.2) is 44.2 Å². The Morgan fingerprint density at radius 1 is 1.43 bits per heavy atom. The smallest absolute Gasteiger partial charge is 0.234 e. The normalized spacial score (nSPS) is 19.4. The maximum atomic E-state index is 12.1. The first-order valence-electron chi connectivity index (χ1n) is 7.71. The van der Waals surface area contributed by atoms with Gasteiger partial charge in [-0.25, -0.2) is 0 Å². The van der Waals surface area contributed by atoms with Gasteiger partial charge in [-0.1, -0.05) is 24.3 Å². The Bertz CT molecular complexity index is 460. The van der Waals surface area contributed by atoms with E-state index in [9.17, 15) is 4.79 Å². The number of methoxy groups -OCH3 is 1. The van der Waals surface area contributed by atoms with Crippen LogP contribution in [0.25, 0.3) is 0 Å². The molecule has 1 aliphatic heterocycles. The minimum absolute atomic E-state index is 0.108. The van der Waals surface area contributed by atoms with Crippen molar-refractivity contribution < 1.29 is 9.53 Å². The predicted molar refractivity (Wildman–Crippen MR) is 84.1 cm³/mol. The zero-order valence-corrected chi connectivity index (χ0v) is 13.1. The van der Waals surface area contributed by atoms with Crippen LogP contribution in [-0.2, 0) is 16.1 Å². The average molecular weight is 290 g/mol. The molecule has 1 aromatic rings. The van der Waals surface area contributed by atoms with Crippen LogP contribution in [0, 0.1) is 12.8 Å². The quantitative estimate of drug-likeness (QED) is 0.871. The molecular weight excluding hydrogens is 264 g/mol. The highest BCUT2D eigenvalue weighted by molar-refractivity contribution is 5.78. The molecule has 1 saturated heterocycles. The monoisotopic (exact) mass is 290 g/mol. The highest BCUT2D eigenvalue weighted by atomic mass is 16.5. The van der Waals surface area contributed by atoms with Gasteiger partial charge in [0.05, 0.1) is 13.2 Å². The van der Waals surface area contributed by atoms with Gasteiger partial charge < -0.3 is 10.1 Å². The first-order valence-corrected chi connectivity index (χ1v) is 7.71. The van der Waals surface area contributed by atoms with Crippen LogP contribution in [0.1, 0.15) is 24.0 Å². The van der Waals surface area contributed by atoms with Crippen molar-refractivity contribution in [1.82, 2.24) is 10.2 Å². The molecule has 1 amide bonds. The van der Waals surface area contributed by atoms with Crippen molar-refractivity contribution in [3.05, 3.63) is 35.4 Å². The van der Waals surface area contributed by atoms with Gasteiger partial charge in [0.15, 0.2) is 0 Å². The Kier molecular flexibility index (Phi) is 6.21. The number of nitrogens with one attached hydrogen (secondary N) is 1. The summed E-state index contributed by atoms with van der Waals surface area (Å²) in [5.41, 5.74) is 2.40. The van der Waals surface area contributed by atoms with E-state index in [1.165, 1.54) is 17.5 Å². The minimum atomic E-state index is 0.108. The molecule has 1 N–H and O–H groups in total. The summed E-state index contributed by atoms with van der Waals surface area (Å²) in [7, 11) is 1.74. The number of ether oxygens (including phenoxy) is 1. The van der Waals surface area contributed by atoms with E-state index in [1.54, 1.807) is 7.11 Å². The zero-order valence-electron chi connectivity index (χ0n) is 13.1. The van der Waals surface area contributed by atoms with Gasteiger partial charge in [-0.2, -0.15) is 0 Å². The number of aryl methyl sites for hydroxylation is 1. The number of rotatable bonds is 6. The van der Waals surface area contributed by atoms with Gasteiger partial charge in [0.2, 0.25) is 5.91 Å². The summed E-state index contributed by atoms with van der Waals surface area (Å²) in [5, 5.41) is 3.02. The first-order chi connectivity index (χ1) is 10.2. The molecule has 1 aliphatic rings. The van der Waals surface area contributed by atoms with Crippen LogP contribution in [0.4, 0.5) is 0 Å². The van der Waals surface area contributed by atoms with Crippen molar-refractivity contribution in [2.24, 2.45) is 5.92 Å². The van der Waals surface area contributed by atoms with Crippen molar-refractivity contribution >= 4 is 5.91 Å². The number of hydrogen-bond donors (Lipinski definition) is 1. The van der Waals surface area contributed by atoms with E-state index in [0.717, 1.165) is 26.1 Å². The van der Waals surface area contributed by atoms with Crippen molar-refractivity contribution in [2.75, 3.05) is 33.4 Å². The molecular formula is C17H26N2O2. The zero-order chi connectivity index (χ0) is 15.1. The van der Waals surface area contributed by atoms with E-state index in [1.807, 2.05) is 12.1 Å². The fraction of sp³-hybridized carbons (Fsp3) is 0.588. The number of amides is 1. The molecule has 2 rings (SSSR count). The fourth-order valence-corrected chi connectivity index (χ4v) is 2.93. The topological polar surface area (TPSA) is 41.6 Å². The molecule has 0 aliphatic carbocycles. The first kappa shape index (κ1) is 16.0. The van der Waals surface area contributed by atoms with E-state index < -0.39 is 0 Å². The number of likely N-dealkylation sites (tertiary alicyclic amines) is 1. The Morgan fingerprint density at radius 3 is 3.00 bits per heavy atom. The summed E-state index contributed by atoms with van der Waals surface area (Å²) in [6, 6.07) is 8.16. The lowest BCUT2D eigenvalue weighted by molar-refractivity contribution is -0.122. The van der Waals surface area contributed by atoms with Gasteiger partial charge in [-0.15, -0.1) is 0 Å². The second-order valence-corrected chi connectivity index (χ2v) is 5.90. The maximum absolute atomic E-state index is 12.1. The number of hydrogen-bond acceptors (Lipinski definition) is 3. The number of nitrogens with zero attached hydrogens (tertiary/aromatic N) is 1. The molecule has 1 heterocycles. The summed E-state index contributed by atoms with van der Waals surface area (Å²) in [6.45, 7) is 5.94. The second-order valence-electron chi connectivity index (χ2n) is 5.90. The van der Waals surface area contributed by atoms with E-state index in [4.69, 9.17) is 4.74 Å². The van der Waals surface area contributed by atoms with Gasteiger partial charge in [-0.05, 0) is 43.4 Å². The molecule has 21 heavy (non-hydrogen) atoms. The molecule has 1 atom stereocenters. The third-order valence-electron chi connectivity index (χ3n) is 4.11. The SMILES string of the molecule is COC[C@H]1CCCN(CC(=O)NCc2ccccc2C)C1. The van der Waals surface area contributed by atoms with E-state index in [0.29, 0.717) is 19.0 Å². The summed E-state index contributed by atoms with van der Waals surface area (Å²) in [5.74, 6) is 0.671. The van der Waals surface area contributed by atoms with Gasteiger partial charge in [0.1, 0.15) is 0 Å².